The van der Waals surface area contributed by atoms with E-state index in [1.54, 1.807) is 0 Å². The Kier molecular flexibility index (Phi) is 9.74. The quantitative estimate of drug-likeness (QED) is 0.390. The van der Waals surface area contributed by atoms with Crippen LogP contribution in [0.5, 0.6) is 0 Å². The van der Waals surface area contributed by atoms with Crippen LogP contribution in [0.1, 0.15) is 31.9 Å². The van der Waals surface area contributed by atoms with Crippen molar-refractivity contribution in [2.45, 2.75) is 39.7 Å². The van der Waals surface area contributed by atoms with Gasteiger partial charge in [0.2, 0.25) is 0 Å². The van der Waals surface area contributed by atoms with Crippen molar-refractivity contribution in [3.63, 3.8) is 0 Å². The number of aryl methyl sites for hydroxylation is 2. The van der Waals surface area contributed by atoms with Gasteiger partial charge in [-0.3, -0.25) is 9.89 Å². The summed E-state index contributed by atoms with van der Waals surface area (Å²) in [5.74, 6) is 0.520. The average Bonchev–Trinajstić information content (AvgIpc) is 2.60. The van der Waals surface area contributed by atoms with Gasteiger partial charge in [-0.2, -0.15) is 0 Å². The van der Waals surface area contributed by atoms with Crippen molar-refractivity contribution in [3.05, 3.63) is 29.3 Å². The van der Waals surface area contributed by atoms with E-state index >= 15 is 0 Å². The number of halogens is 1. The first-order valence-corrected chi connectivity index (χ1v) is 9.15. The number of nitrogens with two attached hydrogens (primary N) is 1. The van der Waals surface area contributed by atoms with Gasteiger partial charge in [0.15, 0.2) is 5.96 Å². The highest BCUT2D eigenvalue weighted by Crippen LogP contribution is 2.22. The Bertz CT molecular complexity index is 530. The molecule has 1 aromatic rings. The van der Waals surface area contributed by atoms with E-state index in [0.717, 1.165) is 51.3 Å². The second-order valence-electron chi connectivity index (χ2n) is 6.70. The number of rotatable bonds is 6. The molecule has 1 fully saturated rings. The molecule has 142 valence electrons. The zero-order valence-corrected chi connectivity index (χ0v) is 18.4. The van der Waals surface area contributed by atoms with Crippen LogP contribution in [0.2, 0.25) is 0 Å². The first kappa shape index (κ1) is 22.2. The van der Waals surface area contributed by atoms with Gasteiger partial charge < -0.3 is 16.0 Å². The summed E-state index contributed by atoms with van der Waals surface area (Å²) >= 11 is 0. The van der Waals surface area contributed by atoms with Crippen LogP contribution in [-0.2, 0) is 12.8 Å². The zero-order valence-electron chi connectivity index (χ0n) is 16.1. The summed E-state index contributed by atoms with van der Waals surface area (Å²) in [7, 11) is 2.18. The Labute approximate surface area is 170 Å². The largest absolute Gasteiger partial charge is 0.370 e. The van der Waals surface area contributed by atoms with E-state index in [0.29, 0.717) is 12.0 Å². The lowest BCUT2D eigenvalue weighted by atomic mass is 10.0. The third-order valence-corrected chi connectivity index (χ3v) is 4.94. The lowest BCUT2D eigenvalue weighted by Crippen LogP contribution is -2.49. The van der Waals surface area contributed by atoms with Gasteiger partial charge >= 0.3 is 0 Å². The Morgan fingerprint density at radius 1 is 1.16 bits per heavy atom. The third-order valence-electron chi connectivity index (χ3n) is 4.94. The molecule has 3 N–H and O–H groups in total. The first-order chi connectivity index (χ1) is 11.5. The summed E-state index contributed by atoms with van der Waals surface area (Å²) in [6.07, 6.45) is 1.97. The Morgan fingerprint density at radius 3 is 2.24 bits per heavy atom. The minimum atomic E-state index is 0. The van der Waals surface area contributed by atoms with Crippen LogP contribution in [0.25, 0.3) is 0 Å². The van der Waals surface area contributed by atoms with Crippen LogP contribution >= 0.6 is 24.0 Å². The van der Waals surface area contributed by atoms with Crippen molar-refractivity contribution in [2.75, 3.05) is 45.1 Å². The second kappa shape index (κ2) is 11.0. The Morgan fingerprint density at radius 2 is 1.72 bits per heavy atom. The number of nitrogens with one attached hydrogen (secondary N) is 1. The highest BCUT2D eigenvalue weighted by Gasteiger charge is 2.18. The lowest BCUT2D eigenvalue weighted by molar-refractivity contribution is 0.122. The van der Waals surface area contributed by atoms with Gasteiger partial charge in [0.25, 0.3) is 0 Å². The zero-order chi connectivity index (χ0) is 17.5. The summed E-state index contributed by atoms with van der Waals surface area (Å²) < 4.78 is 0. The van der Waals surface area contributed by atoms with Crippen molar-refractivity contribution in [2.24, 2.45) is 10.7 Å². The highest BCUT2D eigenvalue weighted by atomic mass is 127. The van der Waals surface area contributed by atoms with Crippen molar-refractivity contribution in [3.8, 4) is 0 Å². The maximum Gasteiger partial charge on any atom is 0.193 e. The van der Waals surface area contributed by atoms with Crippen LogP contribution < -0.4 is 11.1 Å². The number of para-hydroxylation sites is 1. The molecule has 0 spiro atoms. The molecule has 0 aliphatic carbocycles. The summed E-state index contributed by atoms with van der Waals surface area (Å²) in [6, 6.07) is 6.85. The van der Waals surface area contributed by atoms with E-state index < -0.39 is 0 Å². The number of anilines is 1. The standard InChI is InChI=1S/C19H33N5.HI/c1-5-16-8-7-9-17(6-2)18(16)22-19(20)21-14-15(3)24-12-10-23(4)11-13-24;/h7-9,15H,5-6,10-14H2,1-4H3,(H3,20,21,22);1H. The first-order valence-electron chi connectivity index (χ1n) is 9.15. The monoisotopic (exact) mass is 459 g/mol. The predicted molar refractivity (Wildman–Crippen MR) is 119 cm³/mol. The fraction of sp³-hybridized carbons (Fsp3) is 0.632. The van der Waals surface area contributed by atoms with E-state index in [1.807, 2.05) is 0 Å². The van der Waals surface area contributed by atoms with E-state index in [4.69, 9.17) is 5.73 Å². The van der Waals surface area contributed by atoms with Gasteiger partial charge in [0, 0.05) is 37.9 Å². The molecule has 0 aromatic heterocycles. The van der Waals surface area contributed by atoms with Crippen molar-refractivity contribution in [1.82, 2.24) is 9.80 Å². The molecule has 5 nitrogen and oxygen atoms in total. The molecule has 0 radical (unpaired) electrons. The van der Waals surface area contributed by atoms with Crippen LogP contribution in [-0.4, -0.2) is 61.6 Å². The highest BCUT2D eigenvalue weighted by molar-refractivity contribution is 14.0. The smallest absolute Gasteiger partial charge is 0.193 e. The third kappa shape index (κ3) is 6.42. The normalized spacial score (nSPS) is 17.8. The summed E-state index contributed by atoms with van der Waals surface area (Å²) in [5, 5.41) is 3.35. The molecule has 1 unspecified atom stereocenters. The number of aliphatic imine (C=N–C) groups is 1. The minimum Gasteiger partial charge on any atom is -0.370 e. The van der Waals surface area contributed by atoms with Crippen LogP contribution in [0, 0.1) is 0 Å². The molecule has 1 atom stereocenters. The molecule has 1 aromatic carbocycles. The van der Waals surface area contributed by atoms with Gasteiger partial charge in [-0.1, -0.05) is 32.0 Å². The van der Waals surface area contributed by atoms with E-state index in [-0.39, 0.29) is 24.0 Å². The van der Waals surface area contributed by atoms with Gasteiger partial charge in [-0.05, 0) is 37.9 Å². The number of hydrogen-bond acceptors (Lipinski definition) is 3. The fourth-order valence-corrected chi connectivity index (χ4v) is 3.18. The number of benzene rings is 1. The lowest BCUT2D eigenvalue weighted by Gasteiger charge is -2.35. The number of likely N-dealkylation sites (N-methyl/N-ethyl adjacent to an activating group) is 1. The summed E-state index contributed by atoms with van der Waals surface area (Å²) in [6.45, 7) is 11.8. The molecule has 0 amide bonds. The molecule has 0 bridgehead atoms. The van der Waals surface area contributed by atoms with Crippen LogP contribution in [0.3, 0.4) is 0 Å². The molecule has 2 rings (SSSR count). The number of hydrogen-bond donors (Lipinski definition) is 2. The predicted octanol–water partition coefficient (Wildman–Crippen LogP) is 2.79. The molecular formula is C19H34IN5. The topological polar surface area (TPSA) is 56.9 Å². The van der Waals surface area contributed by atoms with Crippen molar-refractivity contribution >= 4 is 35.6 Å². The van der Waals surface area contributed by atoms with Gasteiger partial charge in [-0.25, -0.2) is 0 Å². The fourth-order valence-electron chi connectivity index (χ4n) is 3.18. The summed E-state index contributed by atoms with van der Waals surface area (Å²) in [5.41, 5.74) is 9.88. The molecule has 1 aliphatic rings. The summed E-state index contributed by atoms with van der Waals surface area (Å²) in [4.78, 5) is 9.46. The minimum absolute atomic E-state index is 0. The molecule has 1 saturated heterocycles. The van der Waals surface area contributed by atoms with Crippen molar-refractivity contribution in [1.29, 1.82) is 0 Å². The molecular weight excluding hydrogens is 425 g/mol. The van der Waals surface area contributed by atoms with E-state index in [2.05, 4.69) is 66.1 Å². The molecule has 0 saturated carbocycles. The van der Waals surface area contributed by atoms with Gasteiger partial charge in [0.1, 0.15) is 0 Å². The number of nitrogens with zero attached hydrogens (tertiary/aromatic N) is 3. The van der Waals surface area contributed by atoms with Crippen LogP contribution in [0.15, 0.2) is 23.2 Å². The Hall–Kier alpha value is -0.860. The SMILES string of the molecule is CCc1cccc(CC)c1NC(N)=NCC(C)N1CCN(C)CC1.I. The molecule has 25 heavy (non-hydrogen) atoms. The maximum atomic E-state index is 6.16. The van der Waals surface area contributed by atoms with Crippen LogP contribution in [0.4, 0.5) is 5.69 Å². The average molecular weight is 459 g/mol. The van der Waals surface area contributed by atoms with E-state index in [1.165, 1.54) is 11.1 Å². The molecule has 6 heteroatoms. The molecule has 1 heterocycles. The number of piperazine rings is 1. The molecule has 1 aliphatic heterocycles. The van der Waals surface area contributed by atoms with Gasteiger partial charge in [0.05, 0.1) is 6.54 Å². The van der Waals surface area contributed by atoms with Crippen molar-refractivity contribution < 1.29 is 0 Å². The van der Waals surface area contributed by atoms with Gasteiger partial charge in [-0.15, -0.1) is 24.0 Å². The second-order valence-corrected chi connectivity index (χ2v) is 6.70. The Balaban J connectivity index is 0.00000312. The number of guanidine groups is 1. The van der Waals surface area contributed by atoms with E-state index in [9.17, 15) is 0 Å². The maximum absolute atomic E-state index is 6.16.